The summed E-state index contributed by atoms with van der Waals surface area (Å²) in [7, 11) is 0. The van der Waals surface area contributed by atoms with Gasteiger partial charge in [-0.05, 0) is 31.0 Å². The fourth-order valence-corrected chi connectivity index (χ4v) is 2.59. The summed E-state index contributed by atoms with van der Waals surface area (Å²) in [6, 6.07) is 5.17. The normalized spacial score (nSPS) is 27.0. The van der Waals surface area contributed by atoms with Gasteiger partial charge in [-0.1, -0.05) is 29.3 Å². The van der Waals surface area contributed by atoms with Gasteiger partial charge < -0.3 is 9.84 Å². The molecule has 16 heavy (non-hydrogen) atoms. The first-order valence-corrected chi connectivity index (χ1v) is 6.08. The molecule has 88 valence electrons. The SMILES string of the molecule is CC1CC(C(O)c2ccc(Cl)cc2Cl)CO1. The van der Waals surface area contributed by atoms with E-state index in [0.29, 0.717) is 16.7 Å². The molecule has 2 nitrogen and oxygen atoms in total. The Morgan fingerprint density at radius 1 is 1.44 bits per heavy atom. The fourth-order valence-electron chi connectivity index (χ4n) is 2.07. The van der Waals surface area contributed by atoms with Gasteiger partial charge in [0, 0.05) is 16.0 Å². The van der Waals surface area contributed by atoms with Gasteiger partial charge in [-0.25, -0.2) is 0 Å². The van der Waals surface area contributed by atoms with Crippen LogP contribution in [-0.4, -0.2) is 17.8 Å². The minimum atomic E-state index is -0.574. The molecule has 1 aromatic rings. The smallest absolute Gasteiger partial charge is 0.0855 e. The van der Waals surface area contributed by atoms with Crippen molar-refractivity contribution in [3.05, 3.63) is 33.8 Å². The fraction of sp³-hybridized carbons (Fsp3) is 0.500. The summed E-state index contributed by atoms with van der Waals surface area (Å²) in [5.41, 5.74) is 0.730. The predicted molar refractivity (Wildman–Crippen MR) is 64.9 cm³/mol. The van der Waals surface area contributed by atoms with E-state index in [1.165, 1.54) is 0 Å². The van der Waals surface area contributed by atoms with E-state index in [0.717, 1.165) is 12.0 Å². The summed E-state index contributed by atoms with van der Waals surface area (Å²) in [5.74, 6) is 0.119. The molecule has 1 saturated heterocycles. The number of halogens is 2. The van der Waals surface area contributed by atoms with Gasteiger partial charge in [-0.3, -0.25) is 0 Å². The molecule has 3 unspecified atom stereocenters. The number of rotatable bonds is 2. The van der Waals surface area contributed by atoms with E-state index in [9.17, 15) is 5.11 Å². The summed E-state index contributed by atoms with van der Waals surface area (Å²) in [6.07, 6.45) is 0.501. The maximum absolute atomic E-state index is 10.2. The van der Waals surface area contributed by atoms with E-state index in [1.54, 1.807) is 18.2 Å². The Bertz CT molecular complexity index is 381. The van der Waals surface area contributed by atoms with Crippen molar-refractivity contribution in [1.82, 2.24) is 0 Å². The highest BCUT2D eigenvalue weighted by atomic mass is 35.5. The molecule has 1 aliphatic rings. The average Bonchev–Trinajstić information content (AvgIpc) is 2.64. The Morgan fingerprint density at radius 3 is 2.75 bits per heavy atom. The summed E-state index contributed by atoms with van der Waals surface area (Å²) in [4.78, 5) is 0. The lowest BCUT2D eigenvalue weighted by atomic mass is 9.94. The van der Waals surface area contributed by atoms with Crippen LogP contribution in [0.3, 0.4) is 0 Å². The Morgan fingerprint density at radius 2 is 2.19 bits per heavy atom. The summed E-state index contributed by atoms with van der Waals surface area (Å²) >= 11 is 11.9. The van der Waals surface area contributed by atoms with Crippen LogP contribution in [0.1, 0.15) is 25.0 Å². The van der Waals surface area contributed by atoms with Crippen molar-refractivity contribution in [3.8, 4) is 0 Å². The molecular weight excluding hydrogens is 247 g/mol. The third kappa shape index (κ3) is 2.51. The van der Waals surface area contributed by atoms with Gasteiger partial charge in [0.25, 0.3) is 0 Å². The van der Waals surface area contributed by atoms with Crippen LogP contribution in [0.2, 0.25) is 10.0 Å². The molecule has 1 fully saturated rings. The number of hydrogen-bond donors (Lipinski definition) is 1. The minimum absolute atomic E-state index is 0.119. The van der Waals surface area contributed by atoms with E-state index >= 15 is 0 Å². The van der Waals surface area contributed by atoms with Crippen molar-refractivity contribution >= 4 is 23.2 Å². The predicted octanol–water partition coefficient (Wildman–Crippen LogP) is 3.45. The van der Waals surface area contributed by atoms with Gasteiger partial charge in [-0.15, -0.1) is 0 Å². The zero-order valence-electron chi connectivity index (χ0n) is 8.99. The van der Waals surface area contributed by atoms with Crippen LogP contribution in [-0.2, 0) is 4.74 Å². The van der Waals surface area contributed by atoms with Crippen molar-refractivity contribution in [3.63, 3.8) is 0 Å². The van der Waals surface area contributed by atoms with E-state index < -0.39 is 6.10 Å². The quantitative estimate of drug-likeness (QED) is 0.883. The van der Waals surface area contributed by atoms with Crippen molar-refractivity contribution in [2.45, 2.75) is 25.6 Å². The molecule has 1 N–H and O–H groups in total. The molecule has 0 saturated carbocycles. The molecule has 1 aromatic carbocycles. The number of hydrogen-bond acceptors (Lipinski definition) is 2. The lowest BCUT2D eigenvalue weighted by Gasteiger charge is -2.18. The zero-order chi connectivity index (χ0) is 11.7. The van der Waals surface area contributed by atoms with E-state index in [4.69, 9.17) is 27.9 Å². The van der Waals surface area contributed by atoms with Crippen molar-refractivity contribution in [2.24, 2.45) is 5.92 Å². The van der Waals surface area contributed by atoms with Gasteiger partial charge >= 0.3 is 0 Å². The Balaban J connectivity index is 2.17. The highest BCUT2D eigenvalue weighted by molar-refractivity contribution is 6.35. The first kappa shape index (κ1) is 12.2. The van der Waals surface area contributed by atoms with E-state index in [1.807, 2.05) is 6.92 Å². The number of aliphatic hydroxyl groups excluding tert-OH is 1. The van der Waals surface area contributed by atoms with E-state index in [2.05, 4.69) is 0 Å². The molecule has 1 heterocycles. The molecule has 0 amide bonds. The molecule has 0 aliphatic carbocycles. The molecule has 0 bridgehead atoms. The Labute approximate surface area is 105 Å². The molecule has 3 atom stereocenters. The lowest BCUT2D eigenvalue weighted by Crippen LogP contribution is -2.13. The van der Waals surface area contributed by atoms with Crippen molar-refractivity contribution in [2.75, 3.05) is 6.61 Å². The van der Waals surface area contributed by atoms with Crippen molar-refractivity contribution in [1.29, 1.82) is 0 Å². The molecule has 2 rings (SSSR count). The molecular formula is C12H14Cl2O2. The summed E-state index contributed by atoms with van der Waals surface area (Å²) < 4.78 is 5.44. The second-order valence-corrected chi connectivity index (χ2v) is 5.09. The van der Waals surface area contributed by atoms with Gasteiger partial charge in [0.2, 0.25) is 0 Å². The largest absolute Gasteiger partial charge is 0.388 e. The molecule has 1 aliphatic heterocycles. The Hall–Kier alpha value is -0.280. The number of aliphatic hydroxyl groups is 1. The van der Waals surface area contributed by atoms with Gasteiger partial charge in [0.05, 0.1) is 18.8 Å². The highest BCUT2D eigenvalue weighted by Gasteiger charge is 2.30. The first-order chi connectivity index (χ1) is 7.58. The van der Waals surface area contributed by atoms with Gasteiger partial charge in [-0.2, -0.15) is 0 Å². The second-order valence-electron chi connectivity index (χ2n) is 4.25. The minimum Gasteiger partial charge on any atom is -0.388 e. The average molecular weight is 261 g/mol. The first-order valence-electron chi connectivity index (χ1n) is 5.32. The molecule has 0 radical (unpaired) electrons. The second kappa shape index (κ2) is 4.92. The van der Waals surface area contributed by atoms with Crippen LogP contribution in [0.4, 0.5) is 0 Å². The summed E-state index contributed by atoms with van der Waals surface area (Å²) in [6.45, 7) is 2.59. The Kier molecular flexibility index (Phi) is 3.75. The monoisotopic (exact) mass is 260 g/mol. The molecule has 0 aromatic heterocycles. The third-order valence-electron chi connectivity index (χ3n) is 2.96. The van der Waals surface area contributed by atoms with Gasteiger partial charge in [0.15, 0.2) is 0 Å². The van der Waals surface area contributed by atoms with E-state index in [-0.39, 0.29) is 12.0 Å². The van der Waals surface area contributed by atoms with Crippen molar-refractivity contribution < 1.29 is 9.84 Å². The number of benzene rings is 1. The maximum atomic E-state index is 10.2. The van der Waals surface area contributed by atoms with Gasteiger partial charge in [0.1, 0.15) is 0 Å². The van der Waals surface area contributed by atoms with Crippen LogP contribution in [0.5, 0.6) is 0 Å². The third-order valence-corrected chi connectivity index (χ3v) is 3.52. The zero-order valence-corrected chi connectivity index (χ0v) is 10.5. The molecule has 0 spiro atoms. The van der Waals surface area contributed by atoms with Crippen LogP contribution < -0.4 is 0 Å². The number of ether oxygens (including phenoxy) is 1. The maximum Gasteiger partial charge on any atom is 0.0855 e. The van der Waals surface area contributed by atoms with Crippen LogP contribution >= 0.6 is 23.2 Å². The van der Waals surface area contributed by atoms with Crippen LogP contribution in [0.15, 0.2) is 18.2 Å². The topological polar surface area (TPSA) is 29.5 Å². The van der Waals surface area contributed by atoms with Crippen LogP contribution in [0, 0.1) is 5.92 Å². The molecule has 4 heteroatoms. The lowest BCUT2D eigenvalue weighted by molar-refractivity contribution is 0.0804. The van der Waals surface area contributed by atoms with Crippen LogP contribution in [0.25, 0.3) is 0 Å². The highest BCUT2D eigenvalue weighted by Crippen LogP contribution is 2.35. The summed E-state index contributed by atoms with van der Waals surface area (Å²) in [5, 5.41) is 11.3. The standard InChI is InChI=1S/C12H14Cl2O2/c1-7-4-8(6-16-7)12(15)10-3-2-9(13)5-11(10)14/h2-3,5,7-8,12,15H,4,6H2,1H3.